The second-order valence-corrected chi connectivity index (χ2v) is 5.58. The van der Waals surface area contributed by atoms with Gasteiger partial charge in [0.1, 0.15) is 25.7 Å². The van der Waals surface area contributed by atoms with Crippen LogP contribution >= 0.6 is 0 Å². The summed E-state index contributed by atoms with van der Waals surface area (Å²) in [5, 5.41) is 0. The topological polar surface area (TPSA) is 22.9 Å². The van der Waals surface area contributed by atoms with Crippen molar-refractivity contribution >= 4 is 0 Å². The van der Waals surface area contributed by atoms with Gasteiger partial charge < -0.3 is 14.4 Å². The van der Waals surface area contributed by atoms with Gasteiger partial charge in [0, 0.05) is 5.92 Å². The highest BCUT2D eigenvalue weighted by Gasteiger charge is 2.33. The Morgan fingerprint density at radius 2 is 2.00 bits per heavy atom. The minimum Gasteiger partial charge on any atom is -0.370 e. The van der Waals surface area contributed by atoms with Crippen LogP contribution in [0.15, 0.2) is 12.2 Å². The number of ether oxygens (including phenoxy) is 2. The van der Waals surface area contributed by atoms with Gasteiger partial charge in [-0.15, -0.1) is 0 Å². The molecule has 2 aliphatic heterocycles. The zero-order valence-corrected chi connectivity index (χ0v) is 11.2. The second kappa shape index (κ2) is 5.98. The summed E-state index contributed by atoms with van der Waals surface area (Å²) < 4.78 is 11.5. The third-order valence-corrected chi connectivity index (χ3v) is 4.06. The molecular formula is C14H26NO2+. The van der Waals surface area contributed by atoms with Crippen molar-refractivity contribution in [3.8, 4) is 0 Å². The Hall–Kier alpha value is -0.380. The lowest BCUT2D eigenvalue weighted by Crippen LogP contribution is -3.15. The van der Waals surface area contributed by atoms with Crippen LogP contribution in [-0.2, 0) is 9.47 Å². The van der Waals surface area contributed by atoms with Crippen LogP contribution in [0.1, 0.15) is 26.7 Å². The Morgan fingerprint density at radius 1 is 1.29 bits per heavy atom. The summed E-state index contributed by atoms with van der Waals surface area (Å²) >= 11 is 0. The molecule has 0 saturated carbocycles. The third-order valence-electron chi connectivity index (χ3n) is 4.06. The van der Waals surface area contributed by atoms with E-state index in [1.807, 2.05) is 0 Å². The minimum absolute atomic E-state index is 0.365. The standard InChI is InChI=1S/C14H25NO2/c1-11(2)13-5-4-12(3)17-14(13)10-15-6-8-16-9-7-15/h12-14H,1,4-10H2,2-3H3/p+1/t12-,13-,14-/m1/s1. The van der Waals surface area contributed by atoms with E-state index in [0.29, 0.717) is 18.1 Å². The van der Waals surface area contributed by atoms with Gasteiger partial charge in [0.15, 0.2) is 0 Å². The zero-order chi connectivity index (χ0) is 12.3. The van der Waals surface area contributed by atoms with Crippen molar-refractivity contribution in [3.05, 3.63) is 12.2 Å². The number of quaternary nitrogens is 1. The molecule has 17 heavy (non-hydrogen) atoms. The van der Waals surface area contributed by atoms with E-state index >= 15 is 0 Å². The molecule has 0 unspecified atom stereocenters. The monoisotopic (exact) mass is 240 g/mol. The third kappa shape index (κ3) is 3.54. The molecule has 0 aromatic carbocycles. The smallest absolute Gasteiger partial charge is 0.113 e. The molecule has 2 heterocycles. The van der Waals surface area contributed by atoms with Crippen molar-refractivity contribution in [2.24, 2.45) is 5.92 Å². The van der Waals surface area contributed by atoms with E-state index in [-0.39, 0.29) is 0 Å². The van der Waals surface area contributed by atoms with Gasteiger partial charge in [-0.3, -0.25) is 0 Å². The van der Waals surface area contributed by atoms with Crippen molar-refractivity contribution < 1.29 is 14.4 Å². The molecule has 0 aromatic heterocycles. The lowest BCUT2D eigenvalue weighted by atomic mass is 9.86. The maximum atomic E-state index is 6.14. The van der Waals surface area contributed by atoms with Crippen LogP contribution in [0.25, 0.3) is 0 Å². The summed E-state index contributed by atoms with van der Waals surface area (Å²) in [6.45, 7) is 13.6. The van der Waals surface area contributed by atoms with E-state index in [0.717, 1.165) is 32.8 Å². The number of nitrogens with one attached hydrogen (secondary N) is 1. The molecule has 2 saturated heterocycles. The van der Waals surface area contributed by atoms with E-state index in [1.165, 1.54) is 18.4 Å². The molecule has 2 rings (SSSR count). The molecule has 0 aromatic rings. The number of morpholine rings is 1. The molecule has 1 N–H and O–H groups in total. The zero-order valence-electron chi connectivity index (χ0n) is 11.2. The van der Waals surface area contributed by atoms with E-state index in [2.05, 4.69) is 20.4 Å². The maximum Gasteiger partial charge on any atom is 0.113 e. The molecule has 0 radical (unpaired) electrons. The van der Waals surface area contributed by atoms with Gasteiger partial charge in [-0.05, 0) is 26.7 Å². The fourth-order valence-corrected chi connectivity index (χ4v) is 2.96. The van der Waals surface area contributed by atoms with Gasteiger partial charge >= 0.3 is 0 Å². The first kappa shape index (κ1) is 13.1. The van der Waals surface area contributed by atoms with Crippen molar-refractivity contribution in [2.45, 2.75) is 38.9 Å². The predicted octanol–water partition coefficient (Wildman–Crippen LogP) is 0.661. The highest BCUT2D eigenvalue weighted by atomic mass is 16.5. The fraction of sp³-hybridized carbons (Fsp3) is 0.857. The molecule has 0 spiro atoms. The lowest BCUT2D eigenvalue weighted by Gasteiger charge is -2.37. The molecule has 3 atom stereocenters. The predicted molar refractivity (Wildman–Crippen MR) is 68.3 cm³/mol. The average molecular weight is 240 g/mol. The van der Waals surface area contributed by atoms with Gasteiger partial charge in [0.2, 0.25) is 0 Å². The van der Waals surface area contributed by atoms with Crippen LogP contribution < -0.4 is 4.90 Å². The van der Waals surface area contributed by atoms with E-state index in [9.17, 15) is 0 Å². The molecule has 98 valence electrons. The van der Waals surface area contributed by atoms with Gasteiger partial charge in [-0.2, -0.15) is 0 Å². The number of rotatable bonds is 3. The molecule has 0 amide bonds. The Kier molecular flexibility index (Phi) is 4.60. The van der Waals surface area contributed by atoms with Gasteiger partial charge in [-0.1, -0.05) is 12.2 Å². The normalized spacial score (nSPS) is 35.8. The van der Waals surface area contributed by atoms with Crippen LogP contribution in [0.2, 0.25) is 0 Å². The van der Waals surface area contributed by atoms with Gasteiger partial charge in [0.25, 0.3) is 0 Å². The largest absolute Gasteiger partial charge is 0.370 e. The number of hydrogen-bond acceptors (Lipinski definition) is 2. The first-order chi connectivity index (χ1) is 8.16. The SMILES string of the molecule is C=C(C)[C@H]1CC[C@@H](C)O[C@@H]1C[NH+]1CCOCC1. The van der Waals surface area contributed by atoms with E-state index in [4.69, 9.17) is 9.47 Å². The van der Waals surface area contributed by atoms with Crippen LogP contribution in [0.4, 0.5) is 0 Å². The highest BCUT2D eigenvalue weighted by molar-refractivity contribution is 5.01. The van der Waals surface area contributed by atoms with Crippen LogP contribution in [-0.4, -0.2) is 45.1 Å². The molecule has 2 aliphatic rings. The Morgan fingerprint density at radius 3 is 2.65 bits per heavy atom. The average Bonchev–Trinajstić information content (AvgIpc) is 2.30. The summed E-state index contributed by atoms with van der Waals surface area (Å²) in [5.41, 5.74) is 1.29. The molecule has 0 aliphatic carbocycles. The quantitative estimate of drug-likeness (QED) is 0.733. The van der Waals surface area contributed by atoms with Crippen LogP contribution in [0.3, 0.4) is 0 Å². The van der Waals surface area contributed by atoms with Crippen LogP contribution in [0.5, 0.6) is 0 Å². The molecule has 0 bridgehead atoms. The Labute approximate surface area is 105 Å². The Balaban J connectivity index is 1.92. The highest BCUT2D eigenvalue weighted by Crippen LogP contribution is 2.28. The van der Waals surface area contributed by atoms with E-state index in [1.54, 1.807) is 4.90 Å². The molecule has 3 heteroatoms. The molecule has 3 nitrogen and oxygen atoms in total. The summed E-state index contributed by atoms with van der Waals surface area (Å²) in [5.74, 6) is 0.557. The molecular weight excluding hydrogens is 214 g/mol. The fourth-order valence-electron chi connectivity index (χ4n) is 2.96. The summed E-state index contributed by atoms with van der Waals surface area (Å²) in [6, 6.07) is 0. The van der Waals surface area contributed by atoms with E-state index < -0.39 is 0 Å². The van der Waals surface area contributed by atoms with Gasteiger partial charge in [-0.25, -0.2) is 0 Å². The van der Waals surface area contributed by atoms with Crippen molar-refractivity contribution in [1.82, 2.24) is 0 Å². The summed E-state index contributed by atoms with van der Waals surface area (Å²) in [4.78, 5) is 1.63. The second-order valence-electron chi connectivity index (χ2n) is 5.58. The van der Waals surface area contributed by atoms with Crippen molar-refractivity contribution in [3.63, 3.8) is 0 Å². The minimum atomic E-state index is 0.365. The molecule has 2 fully saturated rings. The first-order valence-corrected chi connectivity index (χ1v) is 6.89. The Bertz CT molecular complexity index is 261. The number of hydrogen-bond donors (Lipinski definition) is 1. The van der Waals surface area contributed by atoms with Crippen LogP contribution in [0, 0.1) is 5.92 Å². The first-order valence-electron chi connectivity index (χ1n) is 6.89. The van der Waals surface area contributed by atoms with Gasteiger partial charge in [0.05, 0.1) is 19.3 Å². The summed E-state index contributed by atoms with van der Waals surface area (Å²) in [7, 11) is 0. The maximum absolute atomic E-state index is 6.14. The van der Waals surface area contributed by atoms with Crippen molar-refractivity contribution in [1.29, 1.82) is 0 Å². The van der Waals surface area contributed by atoms with Crippen molar-refractivity contribution in [2.75, 3.05) is 32.8 Å². The lowest BCUT2D eigenvalue weighted by molar-refractivity contribution is -0.911. The summed E-state index contributed by atoms with van der Waals surface area (Å²) in [6.07, 6.45) is 3.19.